The van der Waals surface area contributed by atoms with Crippen molar-refractivity contribution in [1.82, 2.24) is 4.81 Å². The Kier molecular flexibility index (Phi) is 3.66. The van der Waals surface area contributed by atoms with Gasteiger partial charge in [-0.1, -0.05) is 0 Å². The van der Waals surface area contributed by atoms with E-state index < -0.39 is 0 Å². The monoisotopic (exact) mass is 313 g/mol. The smallest absolute Gasteiger partial charge is 0.376 e. The minimum Gasteiger partial charge on any atom is -0.490 e. The quantitative estimate of drug-likeness (QED) is 0.696. The second-order valence-corrected chi connectivity index (χ2v) is 6.63. The molecule has 2 fully saturated rings. The molecule has 2 aliphatic rings. The SMILES string of the molecule is CB(O)N1[C@@H]2CC[C@H]1C[C@@H](Oc1ccc3ccc(=O)oc3c1)C2. The maximum atomic E-state index is 11.3. The highest BCUT2D eigenvalue weighted by Crippen LogP contribution is 2.37. The van der Waals surface area contributed by atoms with Crippen molar-refractivity contribution >= 4 is 18.0 Å². The molecule has 1 aromatic carbocycles. The van der Waals surface area contributed by atoms with Gasteiger partial charge < -0.3 is 19.0 Å². The van der Waals surface area contributed by atoms with Crippen molar-refractivity contribution < 1.29 is 14.2 Å². The van der Waals surface area contributed by atoms with E-state index in [1.54, 1.807) is 12.1 Å². The van der Waals surface area contributed by atoms with Gasteiger partial charge in [-0.15, -0.1) is 0 Å². The average molecular weight is 313 g/mol. The lowest BCUT2D eigenvalue weighted by Gasteiger charge is -2.39. The molecule has 0 spiro atoms. The molecule has 1 aromatic heterocycles. The molecule has 1 N–H and O–H groups in total. The molecule has 0 unspecified atom stereocenters. The number of nitrogens with zero attached hydrogens (tertiary/aromatic N) is 1. The van der Waals surface area contributed by atoms with Crippen molar-refractivity contribution in [3.05, 3.63) is 40.8 Å². The molecule has 2 bridgehead atoms. The summed E-state index contributed by atoms with van der Waals surface area (Å²) in [5.41, 5.74) is 0.206. The van der Waals surface area contributed by atoms with Crippen molar-refractivity contribution in [3.63, 3.8) is 0 Å². The summed E-state index contributed by atoms with van der Waals surface area (Å²) in [6.45, 7) is 1.85. The van der Waals surface area contributed by atoms with Gasteiger partial charge in [-0.2, -0.15) is 0 Å². The zero-order chi connectivity index (χ0) is 16.0. The second kappa shape index (κ2) is 5.69. The number of hydrogen-bond acceptors (Lipinski definition) is 5. The van der Waals surface area contributed by atoms with Crippen LogP contribution in [0.25, 0.3) is 11.0 Å². The Morgan fingerprint density at radius 3 is 2.61 bits per heavy atom. The highest BCUT2D eigenvalue weighted by molar-refractivity contribution is 6.45. The van der Waals surface area contributed by atoms with E-state index in [1.165, 1.54) is 6.07 Å². The average Bonchev–Trinajstić information content (AvgIpc) is 2.79. The largest absolute Gasteiger partial charge is 0.490 e. The molecular weight excluding hydrogens is 293 g/mol. The second-order valence-electron chi connectivity index (χ2n) is 6.63. The predicted molar refractivity (Wildman–Crippen MR) is 88.6 cm³/mol. The fourth-order valence-electron chi connectivity index (χ4n) is 4.18. The summed E-state index contributed by atoms with van der Waals surface area (Å²) >= 11 is 0. The number of rotatable bonds is 3. The van der Waals surface area contributed by atoms with E-state index in [9.17, 15) is 9.82 Å². The van der Waals surface area contributed by atoms with Crippen LogP contribution in [0.3, 0.4) is 0 Å². The molecule has 3 atom stereocenters. The topological polar surface area (TPSA) is 62.9 Å². The summed E-state index contributed by atoms with van der Waals surface area (Å²) in [7, 11) is -0.386. The van der Waals surface area contributed by atoms with Gasteiger partial charge in [0.15, 0.2) is 0 Å². The molecule has 6 heteroatoms. The number of ether oxygens (including phenoxy) is 1. The molecule has 23 heavy (non-hydrogen) atoms. The summed E-state index contributed by atoms with van der Waals surface area (Å²) in [5, 5.41) is 10.8. The van der Waals surface area contributed by atoms with Crippen LogP contribution in [0, 0.1) is 0 Å². The minimum absolute atomic E-state index is 0.149. The van der Waals surface area contributed by atoms with Gasteiger partial charge in [-0.25, -0.2) is 4.79 Å². The van der Waals surface area contributed by atoms with Gasteiger partial charge >= 0.3 is 12.7 Å². The highest BCUT2D eigenvalue weighted by atomic mass is 16.5. The maximum absolute atomic E-state index is 11.3. The van der Waals surface area contributed by atoms with Crippen LogP contribution in [-0.2, 0) is 0 Å². The molecule has 5 nitrogen and oxygen atoms in total. The Labute approximate surface area is 135 Å². The summed E-state index contributed by atoms with van der Waals surface area (Å²) in [4.78, 5) is 13.6. The molecule has 2 aliphatic heterocycles. The fourth-order valence-corrected chi connectivity index (χ4v) is 4.18. The molecule has 2 aromatic rings. The minimum atomic E-state index is -0.386. The van der Waals surface area contributed by atoms with Crippen molar-refractivity contribution in [2.45, 2.75) is 50.7 Å². The first-order chi connectivity index (χ1) is 11.1. The molecule has 0 radical (unpaired) electrons. The highest BCUT2D eigenvalue weighted by Gasteiger charge is 2.44. The van der Waals surface area contributed by atoms with Gasteiger partial charge in [-0.3, -0.25) is 0 Å². The predicted octanol–water partition coefficient (Wildman–Crippen LogP) is 2.28. The summed E-state index contributed by atoms with van der Waals surface area (Å²) in [5.74, 6) is 0.738. The number of fused-ring (bicyclic) bond motifs is 3. The van der Waals surface area contributed by atoms with Crippen molar-refractivity contribution in [3.8, 4) is 5.75 Å². The van der Waals surface area contributed by atoms with Crippen molar-refractivity contribution in [2.75, 3.05) is 0 Å². The summed E-state index contributed by atoms with van der Waals surface area (Å²) in [6, 6.07) is 9.60. The molecule has 2 saturated heterocycles. The Hall–Kier alpha value is -1.79. The maximum Gasteiger partial charge on any atom is 0.376 e. The lowest BCUT2D eigenvalue weighted by Crippen LogP contribution is -2.52. The van der Waals surface area contributed by atoms with Gasteiger partial charge in [-0.05, 0) is 50.7 Å². The summed E-state index contributed by atoms with van der Waals surface area (Å²) < 4.78 is 11.4. The Balaban J connectivity index is 1.52. The van der Waals surface area contributed by atoms with E-state index in [-0.39, 0.29) is 18.8 Å². The lowest BCUT2D eigenvalue weighted by molar-refractivity contribution is 0.0864. The van der Waals surface area contributed by atoms with Gasteiger partial charge in [0.05, 0.1) is 0 Å². The van der Waals surface area contributed by atoms with Crippen LogP contribution in [0.5, 0.6) is 5.75 Å². The zero-order valence-corrected chi connectivity index (χ0v) is 13.1. The van der Waals surface area contributed by atoms with E-state index in [0.29, 0.717) is 17.7 Å². The summed E-state index contributed by atoms with van der Waals surface area (Å²) in [6.07, 6.45) is 4.26. The van der Waals surface area contributed by atoms with Crippen LogP contribution in [-0.4, -0.2) is 35.1 Å². The Morgan fingerprint density at radius 2 is 1.91 bits per heavy atom. The first kappa shape index (κ1) is 14.8. The Morgan fingerprint density at radius 1 is 1.22 bits per heavy atom. The van der Waals surface area contributed by atoms with E-state index in [2.05, 4.69) is 4.81 Å². The van der Waals surface area contributed by atoms with Crippen molar-refractivity contribution in [1.29, 1.82) is 0 Å². The molecule has 4 rings (SSSR count). The first-order valence-electron chi connectivity index (χ1n) is 8.26. The van der Waals surface area contributed by atoms with Gasteiger partial charge in [0.1, 0.15) is 17.4 Å². The Bertz CT molecular complexity index is 761. The van der Waals surface area contributed by atoms with Gasteiger partial charge in [0.2, 0.25) is 0 Å². The standard InChI is InChI=1S/C17H20BNO4/c1-18(21)19-12-4-5-13(19)9-15(8-12)22-14-6-2-11-3-7-17(20)23-16(11)10-14/h2-3,6-7,10,12-13,15,21H,4-5,8-9H2,1H3/t12-,13+,15+. The van der Waals surface area contributed by atoms with Gasteiger partial charge in [0.25, 0.3) is 0 Å². The number of piperidine rings is 1. The van der Waals surface area contributed by atoms with Crippen LogP contribution in [0.1, 0.15) is 25.7 Å². The molecule has 0 aliphatic carbocycles. The first-order valence-corrected chi connectivity index (χ1v) is 8.26. The molecule has 120 valence electrons. The molecule has 0 saturated carbocycles. The van der Waals surface area contributed by atoms with Crippen LogP contribution in [0.15, 0.2) is 39.5 Å². The van der Waals surface area contributed by atoms with Crippen LogP contribution in [0.4, 0.5) is 0 Å². The number of hydrogen-bond donors (Lipinski definition) is 1. The lowest BCUT2D eigenvalue weighted by atomic mass is 9.79. The van der Waals surface area contributed by atoms with E-state index in [1.807, 2.05) is 19.0 Å². The van der Waals surface area contributed by atoms with Crippen LogP contribution in [0.2, 0.25) is 6.82 Å². The van der Waals surface area contributed by atoms with Crippen LogP contribution >= 0.6 is 0 Å². The molecule has 3 heterocycles. The molecule has 0 amide bonds. The third-order valence-electron chi connectivity index (χ3n) is 5.08. The number of benzene rings is 1. The molecular formula is C17H20BNO4. The normalized spacial score (nSPS) is 27.3. The van der Waals surface area contributed by atoms with E-state index in [0.717, 1.165) is 36.8 Å². The van der Waals surface area contributed by atoms with Crippen molar-refractivity contribution in [2.24, 2.45) is 0 Å². The third kappa shape index (κ3) is 2.77. The van der Waals surface area contributed by atoms with Gasteiger partial charge in [0, 0.05) is 29.6 Å². The zero-order valence-electron chi connectivity index (χ0n) is 13.1. The fraction of sp³-hybridized carbons (Fsp3) is 0.471. The van der Waals surface area contributed by atoms with Crippen LogP contribution < -0.4 is 10.4 Å². The van der Waals surface area contributed by atoms with E-state index >= 15 is 0 Å². The third-order valence-corrected chi connectivity index (χ3v) is 5.08. The van der Waals surface area contributed by atoms with E-state index in [4.69, 9.17) is 9.15 Å².